The molecule has 5 nitrogen and oxygen atoms in total. The van der Waals surface area contributed by atoms with Crippen molar-refractivity contribution in [3.05, 3.63) is 45.1 Å². The van der Waals surface area contributed by atoms with Crippen LogP contribution in [-0.4, -0.2) is 18.5 Å². The number of nitrogen functional groups attached to an aromatic ring is 1. The first-order valence-corrected chi connectivity index (χ1v) is 7.23. The number of hydrogen-bond donors (Lipinski definition) is 2. The molecule has 3 N–H and O–H groups in total. The smallest absolute Gasteiger partial charge is 0.348 e. The van der Waals surface area contributed by atoms with Crippen LogP contribution in [0.15, 0.2) is 30.3 Å². The summed E-state index contributed by atoms with van der Waals surface area (Å²) in [7, 11) is 0. The number of halogens is 1. The van der Waals surface area contributed by atoms with E-state index in [0.29, 0.717) is 21.3 Å². The number of ether oxygens (including phenoxy) is 1. The van der Waals surface area contributed by atoms with Gasteiger partial charge in [0, 0.05) is 21.3 Å². The largest absolute Gasteiger partial charge is 0.451 e. The van der Waals surface area contributed by atoms with Gasteiger partial charge < -0.3 is 15.8 Å². The monoisotopic (exact) mass is 324 g/mol. The Bertz CT molecular complexity index is 648. The van der Waals surface area contributed by atoms with Crippen LogP contribution in [0.2, 0.25) is 5.02 Å². The number of carbonyl (C=O) groups excluding carboxylic acids is 2. The van der Waals surface area contributed by atoms with E-state index >= 15 is 0 Å². The molecule has 0 aliphatic rings. The van der Waals surface area contributed by atoms with Crippen LogP contribution >= 0.6 is 22.9 Å². The van der Waals surface area contributed by atoms with E-state index in [1.54, 1.807) is 30.3 Å². The second-order valence-corrected chi connectivity index (χ2v) is 5.95. The molecule has 0 aliphatic carbocycles. The average molecular weight is 325 g/mol. The van der Waals surface area contributed by atoms with Gasteiger partial charge in [-0.2, -0.15) is 0 Å². The van der Waals surface area contributed by atoms with Crippen LogP contribution in [0.5, 0.6) is 0 Å². The van der Waals surface area contributed by atoms with E-state index < -0.39 is 11.9 Å². The molecule has 0 bridgehead atoms. The number of rotatable bonds is 4. The maximum atomic E-state index is 11.7. The van der Waals surface area contributed by atoms with Crippen LogP contribution in [-0.2, 0) is 9.53 Å². The molecule has 1 aromatic carbocycles. The van der Waals surface area contributed by atoms with Gasteiger partial charge in [0.05, 0.1) is 0 Å². The molecule has 0 saturated heterocycles. The van der Waals surface area contributed by atoms with Crippen LogP contribution in [0.4, 0.5) is 11.4 Å². The van der Waals surface area contributed by atoms with Gasteiger partial charge in [0.2, 0.25) is 0 Å². The summed E-state index contributed by atoms with van der Waals surface area (Å²) in [4.78, 5) is 24.6. The number of carbonyl (C=O) groups is 2. The van der Waals surface area contributed by atoms with Gasteiger partial charge in [-0.1, -0.05) is 11.6 Å². The third-order valence-corrected chi connectivity index (χ3v) is 3.92. The van der Waals surface area contributed by atoms with Gasteiger partial charge in [-0.3, -0.25) is 4.79 Å². The SMILES string of the molecule is Cc1sc(C(=O)OCC(=O)Nc2ccc(Cl)cc2)cc1N. The number of nitrogens with two attached hydrogens (primary N) is 1. The van der Waals surface area contributed by atoms with E-state index in [-0.39, 0.29) is 6.61 Å². The number of nitrogens with one attached hydrogen (secondary N) is 1. The Balaban J connectivity index is 1.86. The van der Waals surface area contributed by atoms with Crippen molar-refractivity contribution in [3.63, 3.8) is 0 Å². The highest BCUT2D eigenvalue weighted by molar-refractivity contribution is 7.14. The molecule has 21 heavy (non-hydrogen) atoms. The summed E-state index contributed by atoms with van der Waals surface area (Å²) in [5, 5.41) is 3.17. The van der Waals surface area contributed by atoms with Crippen LogP contribution in [0.25, 0.3) is 0 Å². The minimum atomic E-state index is -0.564. The lowest BCUT2D eigenvalue weighted by Crippen LogP contribution is -2.20. The number of thiophene rings is 1. The molecule has 0 unspecified atom stereocenters. The van der Waals surface area contributed by atoms with Crippen molar-refractivity contribution >= 4 is 46.2 Å². The fourth-order valence-electron chi connectivity index (χ4n) is 1.53. The van der Waals surface area contributed by atoms with Crippen LogP contribution in [0, 0.1) is 6.92 Å². The van der Waals surface area contributed by atoms with Crippen LogP contribution < -0.4 is 11.1 Å². The topological polar surface area (TPSA) is 81.4 Å². The summed E-state index contributed by atoms with van der Waals surface area (Å²) >= 11 is 6.98. The molecule has 0 spiro atoms. The number of benzene rings is 1. The van der Waals surface area contributed by atoms with Gasteiger partial charge in [0.25, 0.3) is 5.91 Å². The quantitative estimate of drug-likeness (QED) is 0.847. The van der Waals surface area contributed by atoms with E-state index in [9.17, 15) is 9.59 Å². The zero-order valence-corrected chi connectivity index (χ0v) is 12.8. The molecule has 2 aromatic rings. The van der Waals surface area contributed by atoms with Crippen molar-refractivity contribution in [1.82, 2.24) is 0 Å². The fraction of sp³-hybridized carbons (Fsp3) is 0.143. The van der Waals surface area contributed by atoms with Gasteiger partial charge in [0.15, 0.2) is 6.61 Å². The van der Waals surface area contributed by atoms with E-state index in [1.165, 1.54) is 11.3 Å². The third-order valence-electron chi connectivity index (χ3n) is 2.62. The average Bonchev–Trinajstić information content (AvgIpc) is 2.79. The summed E-state index contributed by atoms with van der Waals surface area (Å²) in [6, 6.07) is 8.16. The predicted octanol–water partition coefficient (Wildman–Crippen LogP) is 3.09. The van der Waals surface area contributed by atoms with Crippen LogP contribution in [0.1, 0.15) is 14.5 Å². The molecule has 0 fully saturated rings. The third kappa shape index (κ3) is 4.21. The first-order valence-electron chi connectivity index (χ1n) is 6.04. The molecule has 1 heterocycles. The zero-order chi connectivity index (χ0) is 15.4. The fourth-order valence-corrected chi connectivity index (χ4v) is 2.49. The Hall–Kier alpha value is -2.05. The molecule has 0 radical (unpaired) electrons. The second kappa shape index (κ2) is 6.60. The van der Waals surface area contributed by atoms with Gasteiger partial charge in [-0.15, -0.1) is 11.3 Å². The highest BCUT2D eigenvalue weighted by Crippen LogP contribution is 2.23. The van der Waals surface area contributed by atoms with Crippen molar-refractivity contribution < 1.29 is 14.3 Å². The number of aryl methyl sites for hydroxylation is 1. The summed E-state index contributed by atoms with van der Waals surface area (Å²) in [5.74, 6) is -0.988. The Kier molecular flexibility index (Phi) is 4.82. The van der Waals surface area contributed by atoms with Crippen molar-refractivity contribution in [2.24, 2.45) is 0 Å². The number of anilines is 2. The predicted molar refractivity (Wildman–Crippen MR) is 83.8 cm³/mol. The minimum Gasteiger partial charge on any atom is -0.451 e. The Morgan fingerprint density at radius 1 is 1.33 bits per heavy atom. The number of hydrogen-bond acceptors (Lipinski definition) is 5. The highest BCUT2D eigenvalue weighted by atomic mass is 35.5. The number of esters is 1. The lowest BCUT2D eigenvalue weighted by molar-refractivity contribution is -0.119. The maximum Gasteiger partial charge on any atom is 0.348 e. The molecular weight excluding hydrogens is 312 g/mol. The summed E-state index contributed by atoms with van der Waals surface area (Å²) < 4.78 is 4.93. The van der Waals surface area contributed by atoms with Crippen LogP contribution in [0.3, 0.4) is 0 Å². The molecule has 110 valence electrons. The summed E-state index contributed by atoms with van der Waals surface area (Å²) in [6.07, 6.45) is 0. The Morgan fingerprint density at radius 2 is 2.00 bits per heavy atom. The molecule has 0 atom stereocenters. The van der Waals surface area contributed by atoms with E-state index in [2.05, 4.69) is 5.32 Å². The van der Waals surface area contributed by atoms with Gasteiger partial charge in [-0.05, 0) is 37.3 Å². The molecule has 1 amide bonds. The minimum absolute atomic E-state index is 0.363. The maximum absolute atomic E-state index is 11.7. The van der Waals surface area contributed by atoms with Crippen molar-refractivity contribution in [1.29, 1.82) is 0 Å². The molecular formula is C14H13ClN2O3S. The first-order chi connectivity index (χ1) is 9.95. The normalized spacial score (nSPS) is 10.2. The van der Waals surface area contributed by atoms with Crippen molar-refractivity contribution in [2.45, 2.75) is 6.92 Å². The highest BCUT2D eigenvalue weighted by Gasteiger charge is 2.14. The van der Waals surface area contributed by atoms with Gasteiger partial charge >= 0.3 is 5.97 Å². The second-order valence-electron chi connectivity index (χ2n) is 4.25. The van der Waals surface area contributed by atoms with Gasteiger partial charge in [-0.25, -0.2) is 4.79 Å². The lowest BCUT2D eigenvalue weighted by Gasteiger charge is -2.05. The van der Waals surface area contributed by atoms with E-state index in [4.69, 9.17) is 22.1 Å². The molecule has 1 aromatic heterocycles. The summed E-state index contributed by atoms with van der Waals surface area (Å²) in [6.45, 7) is 1.45. The Morgan fingerprint density at radius 3 is 2.57 bits per heavy atom. The first kappa shape index (κ1) is 15.3. The molecule has 7 heteroatoms. The molecule has 0 saturated carbocycles. The number of amides is 1. The standard InChI is InChI=1S/C14H13ClN2O3S/c1-8-11(16)6-12(21-8)14(19)20-7-13(18)17-10-4-2-9(15)3-5-10/h2-6H,7,16H2,1H3,(H,17,18). The van der Waals surface area contributed by atoms with E-state index in [1.807, 2.05) is 6.92 Å². The van der Waals surface area contributed by atoms with Crippen molar-refractivity contribution in [3.8, 4) is 0 Å². The molecule has 0 aliphatic heterocycles. The van der Waals surface area contributed by atoms with Gasteiger partial charge in [0.1, 0.15) is 4.88 Å². The van der Waals surface area contributed by atoms with E-state index in [0.717, 1.165) is 4.88 Å². The molecule has 2 rings (SSSR count). The Labute approximate surface area is 130 Å². The zero-order valence-electron chi connectivity index (χ0n) is 11.2. The van der Waals surface area contributed by atoms with Crippen molar-refractivity contribution in [2.75, 3.05) is 17.7 Å². The lowest BCUT2D eigenvalue weighted by atomic mass is 10.3. The summed E-state index contributed by atoms with van der Waals surface area (Å²) in [5.41, 5.74) is 6.78.